The molecule has 0 aliphatic heterocycles. The molecule has 216 valence electrons. The van der Waals surface area contributed by atoms with Crippen LogP contribution in [0.25, 0.3) is 5.69 Å². The number of rotatable bonds is 20. The fourth-order valence-corrected chi connectivity index (χ4v) is 5.55. The number of carbonyl (C=O) groups is 2. The van der Waals surface area contributed by atoms with E-state index in [9.17, 15) is 19.5 Å². The summed E-state index contributed by atoms with van der Waals surface area (Å²) in [5.41, 5.74) is -0.294. The van der Waals surface area contributed by atoms with Gasteiger partial charge in [0.1, 0.15) is 11.5 Å². The van der Waals surface area contributed by atoms with Crippen LogP contribution in [0.3, 0.4) is 0 Å². The van der Waals surface area contributed by atoms with Crippen LogP contribution in [0.5, 0.6) is 0 Å². The summed E-state index contributed by atoms with van der Waals surface area (Å²) in [6, 6.07) is 4.07. The zero-order valence-corrected chi connectivity index (χ0v) is 24.7. The zero-order valence-electron chi connectivity index (χ0n) is 22.5. The SMILES string of the molecule is C=CCCCCCCCCCCCCCCC(CC(=O)Nc1cc(=O)n(-c2c(Cl)cc(Cl)cc2Cl)[nH]1)C(=O)O. The number of halogens is 3. The first-order chi connectivity index (χ1) is 18.7. The first-order valence-electron chi connectivity index (χ1n) is 13.8. The topological polar surface area (TPSA) is 104 Å². The van der Waals surface area contributed by atoms with Crippen LogP contribution in [-0.2, 0) is 9.59 Å². The summed E-state index contributed by atoms with van der Waals surface area (Å²) in [6.45, 7) is 3.75. The van der Waals surface area contributed by atoms with Crippen molar-refractivity contribution in [2.24, 2.45) is 5.92 Å². The Bertz CT molecular complexity index is 1110. The van der Waals surface area contributed by atoms with Crippen molar-refractivity contribution in [3.63, 3.8) is 0 Å². The molecule has 0 aliphatic rings. The maximum Gasteiger partial charge on any atom is 0.307 e. The lowest BCUT2D eigenvalue weighted by Crippen LogP contribution is -2.22. The van der Waals surface area contributed by atoms with Crippen molar-refractivity contribution in [1.82, 2.24) is 9.78 Å². The molecule has 1 aromatic carbocycles. The van der Waals surface area contributed by atoms with E-state index >= 15 is 0 Å². The smallest absolute Gasteiger partial charge is 0.307 e. The third-order valence-electron chi connectivity index (χ3n) is 6.69. The van der Waals surface area contributed by atoms with Crippen molar-refractivity contribution in [1.29, 1.82) is 0 Å². The van der Waals surface area contributed by atoms with Gasteiger partial charge in [-0.3, -0.25) is 19.5 Å². The highest BCUT2D eigenvalue weighted by Crippen LogP contribution is 2.31. The van der Waals surface area contributed by atoms with Gasteiger partial charge in [-0.15, -0.1) is 6.58 Å². The number of benzene rings is 1. The predicted molar refractivity (Wildman–Crippen MR) is 161 cm³/mol. The maximum atomic E-state index is 12.5. The molecule has 1 aromatic heterocycles. The molecular formula is C29H40Cl3N3O4. The Morgan fingerprint density at radius 1 is 0.897 bits per heavy atom. The average molecular weight is 601 g/mol. The number of carboxylic acids is 1. The number of aromatic amines is 1. The third-order valence-corrected chi connectivity index (χ3v) is 7.49. The van der Waals surface area contributed by atoms with Crippen molar-refractivity contribution < 1.29 is 14.7 Å². The van der Waals surface area contributed by atoms with Crippen LogP contribution in [0, 0.1) is 5.92 Å². The molecule has 1 atom stereocenters. The van der Waals surface area contributed by atoms with E-state index < -0.39 is 23.4 Å². The van der Waals surface area contributed by atoms with Crippen molar-refractivity contribution in [3.8, 4) is 5.69 Å². The number of hydrogen-bond acceptors (Lipinski definition) is 3. The van der Waals surface area contributed by atoms with E-state index in [4.69, 9.17) is 34.8 Å². The lowest BCUT2D eigenvalue weighted by Gasteiger charge is -2.12. The zero-order chi connectivity index (χ0) is 28.6. The van der Waals surface area contributed by atoms with Crippen LogP contribution in [0.4, 0.5) is 5.82 Å². The summed E-state index contributed by atoms with van der Waals surface area (Å²) in [5, 5.41) is 15.5. The van der Waals surface area contributed by atoms with E-state index in [0.29, 0.717) is 11.4 Å². The van der Waals surface area contributed by atoms with Gasteiger partial charge in [-0.2, -0.15) is 0 Å². The normalized spacial score (nSPS) is 11.9. The van der Waals surface area contributed by atoms with Gasteiger partial charge in [0.25, 0.3) is 5.56 Å². The Kier molecular flexibility index (Phi) is 15.4. The molecule has 2 rings (SSSR count). The van der Waals surface area contributed by atoms with Gasteiger partial charge in [0.15, 0.2) is 0 Å². The highest BCUT2D eigenvalue weighted by atomic mass is 35.5. The Morgan fingerprint density at radius 3 is 1.92 bits per heavy atom. The number of allylic oxidation sites excluding steroid dienone is 1. The molecule has 0 aliphatic carbocycles. The Hall–Kier alpha value is -2.22. The molecule has 39 heavy (non-hydrogen) atoms. The molecule has 0 saturated heterocycles. The van der Waals surface area contributed by atoms with E-state index in [1.165, 1.54) is 69.6 Å². The number of nitrogens with zero attached hydrogens (tertiary/aromatic N) is 1. The second-order valence-electron chi connectivity index (χ2n) is 9.96. The molecule has 1 amide bonds. The summed E-state index contributed by atoms with van der Waals surface area (Å²) in [4.78, 5) is 36.7. The lowest BCUT2D eigenvalue weighted by atomic mass is 9.96. The number of H-pyrrole nitrogens is 1. The molecule has 0 saturated carbocycles. The minimum atomic E-state index is -1.000. The summed E-state index contributed by atoms with van der Waals surface area (Å²) in [5.74, 6) is -2.17. The summed E-state index contributed by atoms with van der Waals surface area (Å²) >= 11 is 18.3. The molecule has 1 heterocycles. The van der Waals surface area contributed by atoms with E-state index in [-0.39, 0.29) is 28.0 Å². The summed E-state index contributed by atoms with van der Waals surface area (Å²) in [6.07, 6.45) is 17.5. The number of carboxylic acid groups (broad SMARTS) is 1. The highest BCUT2D eigenvalue weighted by molar-refractivity contribution is 6.40. The minimum absolute atomic E-state index is 0.115. The number of aliphatic carboxylic acids is 1. The van der Waals surface area contributed by atoms with Gasteiger partial charge >= 0.3 is 5.97 Å². The quantitative estimate of drug-likeness (QED) is 0.104. The van der Waals surface area contributed by atoms with Crippen molar-refractivity contribution in [2.75, 3.05) is 5.32 Å². The highest BCUT2D eigenvalue weighted by Gasteiger charge is 2.22. The number of unbranched alkanes of at least 4 members (excludes halogenated alkanes) is 12. The molecular weight excluding hydrogens is 561 g/mol. The molecule has 0 fully saturated rings. The van der Waals surface area contributed by atoms with Gasteiger partial charge in [-0.1, -0.05) is 112 Å². The fraction of sp³-hybridized carbons (Fsp3) is 0.552. The second-order valence-corrected chi connectivity index (χ2v) is 11.2. The van der Waals surface area contributed by atoms with Crippen LogP contribution in [0.15, 0.2) is 35.6 Å². The van der Waals surface area contributed by atoms with Gasteiger partial charge in [-0.25, -0.2) is 4.68 Å². The largest absolute Gasteiger partial charge is 0.481 e. The first-order valence-corrected chi connectivity index (χ1v) is 15.0. The van der Waals surface area contributed by atoms with Gasteiger partial charge < -0.3 is 10.4 Å². The number of nitrogens with one attached hydrogen (secondary N) is 2. The van der Waals surface area contributed by atoms with Crippen LogP contribution >= 0.6 is 34.8 Å². The average Bonchev–Trinajstić information content (AvgIpc) is 3.21. The molecule has 1 unspecified atom stereocenters. The van der Waals surface area contributed by atoms with Crippen molar-refractivity contribution in [2.45, 2.75) is 96.3 Å². The lowest BCUT2D eigenvalue weighted by molar-refractivity contribution is -0.143. The van der Waals surface area contributed by atoms with E-state index in [1.807, 2.05) is 6.08 Å². The Labute approximate surface area is 245 Å². The monoisotopic (exact) mass is 599 g/mol. The van der Waals surface area contributed by atoms with Crippen LogP contribution < -0.4 is 10.9 Å². The van der Waals surface area contributed by atoms with Gasteiger partial charge in [0.05, 0.1) is 16.0 Å². The van der Waals surface area contributed by atoms with E-state index in [2.05, 4.69) is 17.0 Å². The van der Waals surface area contributed by atoms with Crippen LogP contribution in [0.1, 0.15) is 96.3 Å². The minimum Gasteiger partial charge on any atom is -0.481 e. The molecule has 3 N–H and O–H groups in total. The number of amides is 1. The standard InChI is InChI=1S/C29H40Cl3N3O4/c1-2-3-4-5-6-7-8-9-10-11-12-13-14-15-16-21(29(38)39)17-26(36)33-25-20-27(37)35(34-25)28-23(31)18-22(30)19-24(28)32/h2,18-21,34H,1,3-17H2,(H,33,36)(H,38,39). The predicted octanol–water partition coefficient (Wildman–Crippen LogP) is 8.80. The molecule has 2 aromatic rings. The summed E-state index contributed by atoms with van der Waals surface area (Å²) in [7, 11) is 0. The Balaban J connectivity index is 1.68. The van der Waals surface area contributed by atoms with Crippen molar-refractivity contribution in [3.05, 3.63) is 56.3 Å². The van der Waals surface area contributed by atoms with Crippen LogP contribution in [0.2, 0.25) is 15.1 Å². The van der Waals surface area contributed by atoms with E-state index in [1.54, 1.807) is 0 Å². The first kappa shape index (κ1) is 33.0. The summed E-state index contributed by atoms with van der Waals surface area (Å²) < 4.78 is 1.09. The molecule has 0 spiro atoms. The Morgan fingerprint density at radius 2 is 1.41 bits per heavy atom. The fourth-order valence-electron chi connectivity index (χ4n) is 4.56. The number of hydrogen-bond donors (Lipinski definition) is 3. The van der Waals surface area contributed by atoms with Crippen LogP contribution in [-0.4, -0.2) is 26.8 Å². The molecule has 0 bridgehead atoms. The third kappa shape index (κ3) is 12.2. The van der Waals surface area contributed by atoms with E-state index in [0.717, 1.165) is 36.8 Å². The van der Waals surface area contributed by atoms with Gasteiger partial charge in [0.2, 0.25) is 5.91 Å². The van der Waals surface area contributed by atoms with Gasteiger partial charge in [0, 0.05) is 17.5 Å². The molecule has 0 radical (unpaired) electrons. The molecule has 10 heteroatoms. The second kappa shape index (κ2) is 18.2. The van der Waals surface area contributed by atoms with Gasteiger partial charge in [-0.05, 0) is 31.4 Å². The number of carbonyl (C=O) groups excluding carboxylic acids is 1. The number of anilines is 1. The van der Waals surface area contributed by atoms with Crippen molar-refractivity contribution >= 4 is 52.5 Å². The number of aromatic nitrogens is 2. The molecule has 7 nitrogen and oxygen atoms in total. The maximum absolute atomic E-state index is 12.5.